The van der Waals surface area contributed by atoms with Crippen molar-refractivity contribution < 1.29 is 33.8 Å². The summed E-state index contributed by atoms with van der Waals surface area (Å²) < 4.78 is 13.1. The summed E-state index contributed by atoms with van der Waals surface area (Å²) in [5, 5.41) is 11.3. The number of hydrogen-bond acceptors (Lipinski definition) is 7. The zero-order chi connectivity index (χ0) is 37.9. The fraction of sp³-hybridized carbons (Fsp3) is 0.500. The lowest BCUT2D eigenvalue weighted by atomic mass is 9.70. The molecule has 1 N–H and O–H groups in total. The van der Waals surface area contributed by atoms with Gasteiger partial charge in [-0.3, -0.25) is 19.2 Å². The number of benzene rings is 2. The zero-order valence-corrected chi connectivity index (χ0v) is 32.5. The number of carbonyl (C=O) groups is 4. The van der Waals surface area contributed by atoms with Crippen LogP contribution in [0.3, 0.4) is 0 Å². The van der Waals surface area contributed by atoms with Crippen LogP contribution in [-0.4, -0.2) is 93.5 Å². The van der Waals surface area contributed by atoms with Crippen molar-refractivity contribution in [1.29, 1.82) is 0 Å². The predicted octanol–water partition coefficient (Wildman–Crippen LogP) is 6.11. The molecular formula is C40H49BrClN3O7. The van der Waals surface area contributed by atoms with Gasteiger partial charge in [-0.15, -0.1) is 13.2 Å². The smallest absolute Gasteiger partial charge is 0.313 e. The maximum absolute atomic E-state index is 15.0. The van der Waals surface area contributed by atoms with Crippen LogP contribution in [0.15, 0.2) is 79.9 Å². The highest BCUT2D eigenvalue weighted by molar-refractivity contribution is 9.09. The van der Waals surface area contributed by atoms with E-state index >= 15 is 0 Å². The van der Waals surface area contributed by atoms with E-state index in [1.165, 1.54) is 9.80 Å². The number of aliphatic hydroxyl groups excluding tert-OH is 1. The number of halogens is 2. The SMILES string of the molecule is C=CCCC(=O)N(C)[C@@H](C)[C@@H](OC(=O)[C@@H]1[C@H]2O[C@@]3(CC2Br)[C@H](C(=O)N(CC=C)c2ccc(Cl)cc2)N([C@@H](CO)[C@@H](C)CC)C(=O)[C@@H]13)c1ccccc1. The second-order valence-corrected chi connectivity index (χ2v) is 15.7. The van der Waals surface area contributed by atoms with Gasteiger partial charge in [0.2, 0.25) is 11.8 Å². The van der Waals surface area contributed by atoms with Crippen molar-refractivity contribution in [2.45, 2.75) is 87.2 Å². The first-order valence-corrected chi connectivity index (χ1v) is 19.2. The Kier molecular flexibility index (Phi) is 12.7. The van der Waals surface area contributed by atoms with Crippen LogP contribution in [0.4, 0.5) is 5.69 Å². The van der Waals surface area contributed by atoms with Gasteiger partial charge in [0, 0.05) is 35.6 Å². The average Bonchev–Trinajstić information content (AvgIpc) is 3.75. The van der Waals surface area contributed by atoms with Gasteiger partial charge < -0.3 is 29.3 Å². The summed E-state index contributed by atoms with van der Waals surface area (Å²) in [6, 6.07) is 13.6. The molecule has 5 rings (SSSR count). The molecule has 10 nitrogen and oxygen atoms in total. The fourth-order valence-electron chi connectivity index (χ4n) is 8.13. The molecule has 3 saturated heterocycles. The molecule has 10 atom stereocenters. The molecule has 2 bridgehead atoms. The minimum atomic E-state index is -1.39. The molecule has 52 heavy (non-hydrogen) atoms. The third kappa shape index (κ3) is 7.21. The van der Waals surface area contributed by atoms with Gasteiger partial charge in [-0.2, -0.15) is 0 Å². The van der Waals surface area contributed by atoms with Crippen LogP contribution in [0.2, 0.25) is 5.02 Å². The molecule has 280 valence electrons. The quantitative estimate of drug-likeness (QED) is 0.124. The molecule has 12 heteroatoms. The van der Waals surface area contributed by atoms with Gasteiger partial charge in [-0.05, 0) is 55.5 Å². The second kappa shape index (κ2) is 16.7. The number of carbonyl (C=O) groups excluding carboxylic acids is 4. The highest BCUT2D eigenvalue weighted by atomic mass is 79.9. The van der Waals surface area contributed by atoms with E-state index < -0.39 is 65.6 Å². The molecule has 0 saturated carbocycles. The van der Waals surface area contributed by atoms with Crippen LogP contribution in [0.5, 0.6) is 0 Å². The van der Waals surface area contributed by atoms with Crippen molar-refractivity contribution in [3.05, 3.63) is 90.5 Å². The molecule has 0 aliphatic carbocycles. The lowest BCUT2D eigenvalue weighted by Gasteiger charge is -2.41. The number of nitrogens with zero attached hydrogens (tertiary/aromatic N) is 3. The predicted molar refractivity (Wildman–Crippen MR) is 204 cm³/mol. The van der Waals surface area contributed by atoms with Gasteiger partial charge in [0.25, 0.3) is 5.91 Å². The number of anilines is 1. The Labute approximate surface area is 319 Å². The van der Waals surface area contributed by atoms with E-state index in [0.717, 1.165) is 0 Å². The number of aliphatic hydroxyl groups is 1. The number of hydrogen-bond donors (Lipinski definition) is 1. The number of ether oxygens (including phenoxy) is 2. The Bertz CT molecular complexity index is 1640. The molecule has 1 spiro atoms. The van der Waals surface area contributed by atoms with Gasteiger partial charge in [0.1, 0.15) is 17.7 Å². The summed E-state index contributed by atoms with van der Waals surface area (Å²) in [6.45, 7) is 13.1. The van der Waals surface area contributed by atoms with Crippen LogP contribution in [0.1, 0.15) is 58.1 Å². The first-order chi connectivity index (χ1) is 24.9. The van der Waals surface area contributed by atoms with E-state index in [2.05, 4.69) is 29.1 Å². The maximum atomic E-state index is 15.0. The average molecular weight is 799 g/mol. The standard InChI is InChI=1S/C40H49BrClN3O7/c1-7-10-16-31(47)43(6)25(5)34(26-14-12-11-13-15-26)51-39(50)32-33-37(48)45(30(23-46)24(4)9-3)36(40(33)22-29(41)35(32)52-40)38(49)44(21-8-2)28-19-17-27(42)18-20-28/h7-8,11-15,17-20,24-25,29-30,32-36,46H,1-2,9-10,16,21-23H2,3-6H3/t24-,25-,29?,30-,32-,33+,34+,35-,36-,40+/m0/s1. The minimum absolute atomic E-state index is 0.125. The summed E-state index contributed by atoms with van der Waals surface area (Å²) in [5.41, 5.74) is -0.154. The molecular weight excluding hydrogens is 750 g/mol. The molecule has 2 aromatic rings. The van der Waals surface area contributed by atoms with E-state index in [4.69, 9.17) is 21.1 Å². The van der Waals surface area contributed by atoms with Crippen molar-refractivity contribution in [1.82, 2.24) is 9.80 Å². The van der Waals surface area contributed by atoms with Crippen LogP contribution in [0.25, 0.3) is 0 Å². The van der Waals surface area contributed by atoms with Gasteiger partial charge in [0.05, 0.1) is 36.6 Å². The first kappa shape index (κ1) is 39.7. The summed E-state index contributed by atoms with van der Waals surface area (Å²) in [6.07, 6.45) is 3.34. The highest BCUT2D eigenvalue weighted by Gasteiger charge is 2.78. The maximum Gasteiger partial charge on any atom is 0.313 e. The summed E-state index contributed by atoms with van der Waals surface area (Å²) in [7, 11) is 1.68. The van der Waals surface area contributed by atoms with Crippen molar-refractivity contribution >= 4 is 56.9 Å². The number of allylic oxidation sites excluding steroid dienone is 1. The molecule has 0 radical (unpaired) electrons. The summed E-state index contributed by atoms with van der Waals surface area (Å²) in [5.74, 6) is -3.92. The lowest BCUT2D eigenvalue weighted by Crippen LogP contribution is -2.60. The zero-order valence-electron chi connectivity index (χ0n) is 30.2. The fourth-order valence-corrected chi connectivity index (χ4v) is 9.20. The molecule has 3 aliphatic heterocycles. The van der Waals surface area contributed by atoms with Crippen molar-refractivity contribution in [3.63, 3.8) is 0 Å². The highest BCUT2D eigenvalue weighted by Crippen LogP contribution is 2.61. The van der Waals surface area contributed by atoms with Crippen LogP contribution >= 0.6 is 27.5 Å². The Morgan fingerprint density at radius 2 is 1.81 bits per heavy atom. The van der Waals surface area contributed by atoms with Gasteiger partial charge >= 0.3 is 5.97 Å². The Morgan fingerprint density at radius 1 is 1.13 bits per heavy atom. The topological polar surface area (TPSA) is 117 Å². The number of fused-ring (bicyclic) bond motifs is 1. The van der Waals surface area contributed by atoms with E-state index in [1.807, 2.05) is 51.1 Å². The van der Waals surface area contributed by atoms with Crippen molar-refractivity contribution in [3.8, 4) is 0 Å². The first-order valence-electron chi connectivity index (χ1n) is 17.9. The monoisotopic (exact) mass is 797 g/mol. The van der Waals surface area contributed by atoms with Crippen LogP contribution in [0, 0.1) is 17.8 Å². The number of rotatable bonds is 16. The van der Waals surface area contributed by atoms with Crippen molar-refractivity contribution in [2.75, 3.05) is 25.1 Å². The number of esters is 1. The number of likely N-dealkylation sites (tertiary alicyclic amines) is 1. The van der Waals surface area contributed by atoms with Crippen LogP contribution in [-0.2, 0) is 28.7 Å². The molecule has 0 aromatic heterocycles. The molecule has 3 amide bonds. The molecule has 2 aromatic carbocycles. The number of amides is 3. The third-order valence-electron chi connectivity index (χ3n) is 11.2. The third-order valence-corrected chi connectivity index (χ3v) is 12.3. The van der Waals surface area contributed by atoms with Crippen LogP contribution < -0.4 is 4.90 Å². The normalized spacial score (nSPS) is 26.9. The van der Waals surface area contributed by atoms with E-state index in [0.29, 0.717) is 29.1 Å². The summed E-state index contributed by atoms with van der Waals surface area (Å²) >= 11 is 9.94. The Balaban J connectivity index is 1.57. The molecule has 3 fully saturated rings. The largest absolute Gasteiger partial charge is 0.455 e. The van der Waals surface area contributed by atoms with E-state index in [9.17, 15) is 24.3 Å². The molecule has 3 aliphatic rings. The van der Waals surface area contributed by atoms with Crippen molar-refractivity contribution in [2.24, 2.45) is 17.8 Å². The molecule has 1 unspecified atom stereocenters. The second-order valence-electron chi connectivity index (χ2n) is 14.1. The molecule has 3 heterocycles. The number of alkyl halides is 1. The number of likely N-dealkylation sites (N-methyl/N-ethyl adjacent to an activating group) is 1. The van der Waals surface area contributed by atoms with Gasteiger partial charge in [-0.25, -0.2) is 0 Å². The summed E-state index contributed by atoms with van der Waals surface area (Å²) in [4.78, 5) is 61.9. The Morgan fingerprint density at radius 3 is 2.40 bits per heavy atom. The van der Waals surface area contributed by atoms with E-state index in [1.54, 1.807) is 48.4 Å². The Hall–Kier alpha value is -3.51. The minimum Gasteiger partial charge on any atom is -0.455 e. The van der Waals surface area contributed by atoms with Gasteiger partial charge in [-0.1, -0.05) is 90.3 Å². The van der Waals surface area contributed by atoms with E-state index in [-0.39, 0.29) is 42.6 Å². The lowest BCUT2D eigenvalue weighted by molar-refractivity contribution is -0.165. The van der Waals surface area contributed by atoms with Gasteiger partial charge in [0.15, 0.2) is 0 Å².